The van der Waals surface area contributed by atoms with E-state index in [2.05, 4.69) is 32.6 Å². The first kappa shape index (κ1) is 9.02. The molecule has 0 aliphatic heterocycles. The number of hydrogen-bond acceptors (Lipinski definition) is 1. The number of hydrogen-bond donors (Lipinski definition) is 0. The largest absolute Gasteiger partial charge is 0.309 e. The van der Waals surface area contributed by atoms with Gasteiger partial charge in [0.25, 0.3) is 0 Å². The maximum Gasteiger partial charge on any atom is 0.133 e. The van der Waals surface area contributed by atoms with Crippen LogP contribution >= 0.6 is 0 Å². The fraction of sp³-hybridized carbons (Fsp3) is 1.00. The van der Waals surface area contributed by atoms with Gasteiger partial charge in [0.2, 0.25) is 0 Å². The van der Waals surface area contributed by atoms with Crippen LogP contribution in [-0.2, 0) is 0 Å². The molecular weight excluding hydrogens is 109 g/mol. The van der Waals surface area contributed by atoms with Crippen LogP contribution < -0.4 is 0 Å². The zero-order chi connectivity index (χ0) is 7.28. The number of nitrogens with zero attached hydrogens (tertiary/aromatic N) is 1. The molecule has 0 radical (unpaired) electrons. The molecular formula is C7H18BN. The smallest absolute Gasteiger partial charge is 0.133 e. The summed E-state index contributed by atoms with van der Waals surface area (Å²) < 4.78 is 0. The summed E-state index contributed by atoms with van der Waals surface area (Å²) >= 11 is 0. The summed E-state index contributed by atoms with van der Waals surface area (Å²) in [7, 11) is 4.25. The van der Waals surface area contributed by atoms with E-state index < -0.39 is 0 Å². The molecule has 0 spiro atoms. The fourth-order valence-corrected chi connectivity index (χ4v) is 0.816. The zero-order valence-corrected chi connectivity index (χ0v) is 7.15. The van der Waals surface area contributed by atoms with Crippen LogP contribution in [-0.4, -0.2) is 32.3 Å². The molecule has 0 bridgehead atoms. The van der Waals surface area contributed by atoms with E-state index in [4.69, 9.17) is 0 Å². The van der Waals surface area contributed by atoms with Crippen molar-refractivity contribution >= 4 is 6.71 Å². The van der Waals surface area contributed by atoms with Gasteiger partial charge in [-0.3, -0.25) is 0 Å². The second-order valence-electron chi connectivity index (χ2n) is 3.34. The zero-order valence-electron chi connectivity index (χ0n) is 7.15. The second kappa shape index (κ2) is 4.86. The predicted molar refractivity (Wildman–Crippen MR) is 45.5 cm³/mol. The van der Waals surface area contributed by atoms with Crippen LogP contribution in [0.5, 0.6) is 0 Å². The molecule has 0 amide bonds. The summed E-state index contributed by atoms with van der Waals surface area (Å²) in [6.45, 7) is 6.65. The highest BCUT2D eigenvalue weighted by molar-refractivity contribution is 6.55. The van der Waals surface area contributed by atoms with E-state index >= 15 is 0 Å². The van der Waals surface area contributed by atoms with Crippen molar-refractivity contribution in [2.24, 2.45) is 0 Å². The molecule has 1 nitrogen and oxygen atoms in total. The highest BCUT2D eigenvalue weighted by atomic mass is 15.0. The van der Waals surface area contributed by atoms with Gasteiger partial charge >= 0.3 is 0 Å². The van der Waals surface area contributed by atoms with Crippen molar-refractivity contribution in [3.63, 3.8) is 0 Å². The lowest BCUT2D eigenvalue weighted by Gasteiger charge is -2.08. The minimum Gasteiger partial charge on any atom is -0.309 e. The Bertz CT molecular complexity index is 53.9. The van der Waals surface area contributed by atoms with E-state index in [9.17, 15) is 0 Å². The van der Waals surface area contributed by atoms with Crippen LogP contribution in [0.25, 0.3) is 0 Å². The van der Waals surface area contributed by atoms with Gasteiger partial charge in [0.15, 0.2) is 0 Å². The van der Waals surface area contributed by atoms with Gasteiger partial charge in [0.1, 0.15) is 6.71 Å². The summed E-state index contributed by atoms with van der Waals surface area (Å²) in [4.78, 5) is 2.24. The molecule has 0 unspecified atom stereocenters. The van der Waals surface area contributed by atoms with Crippen LogP contribution in [0.2, 0.25) is 20.0 Å². The minimum atomic E-state index is 0.866. The Labute approximate surface area is 59.5 Å². The van der Waals surface area contributed by atoms with Gasteiger partial charge in [-0.15, -0.1) is 0 Å². The van der Waals surface area contributed by atoms with E-state index in [0.717, 1.165) is 6.71 Å². The Morgan fingerprint density at radius 1 is 1.22 bits per heavy atom. The normalized spacial score (nSPS) is 10.3. The van der Waals surface area contributed by atoms with Gasteiger partial charge < -0.3 is 4.90 Å². The average Bonchev–Trinajstić information content (AvgIpc) is 1.63. The molecule has 0 aromatic rings. The molecule has 0 aromatic carbocycles. The van der Waals surface area contributed by atoms with Crippen molar-refractivity contribution in [1.29, 1.82) is 0 Å². The third kappa shape index (κ3) is 8.02. The molecule has 0 aliphatic rings. The molecule has 0 rings (SSSR count). The van der Waals surface area contributed by atoms with Crippen LogP contribution in [0.4, 0.5) is 0 Å². The molecule has 9 heavy (non-hydrogen) atoms. The van der Waals surface area contributed by atoms with Crippen molar-refractivity contribution in [2.75, 3.05) is 20.6 Å². The lowest BCUT2D eigenvalue weighted by Crippen LogP contribution is -2.14. The monoisotopic (exact) mass is 127 g/mol. The van der Waals surface area contributed by atoms with Crippen molar-refractivity contribution in [3.05, 3.63) is 0 Å². The summed E-state index contributed by atoms with van der Waals surface area (Å²) in [5.74, 6) is 0. The van der Waals surface area contributed by atoms with Gasteiger partial charge in [-0.2, -0.15) is 0 Å². The Hall–Kier alpha value is 0.0249. The first-order chi connectivity index (χ1) is 4.13. The third-order valence-electron chi connectivity index (χ3n) is 1.39. The second-order valence-corrected chi connectivity index (χ2v) is 3.34. The van der Waals surface area contributed by atoms with E-state index in [-0.39, 0.29) is 0 Å². The van der Waals surface area contributed by atoms with Crippen LogP contribution in [0.15, 0.2) is 0 Å². The van der Waals surface area contributed by atoms with E-state index in [1.54, 1.807) is 0 Å². The molecule has 0 saturated heterocycles. The Morgan fingerprint density at radius 2 is 1.78 bits per heavy atom. The van der Waals surface area contributed by atoms with E-state index in [0.29, 0.717) is 0 Å². The molecule has 0 aromatic heterocycles. The van der Waals surface area contributed by atoms with Crippen molar-refractivity contribution in [3.8, 4) is 0 Å². The lowest BCUT2D eigenvalue weighted by molar-refractivity contribution is 0.408. The highest BCUT2D eigenvalue weighted by Crippen LogP contribution is 1.96. The summed E-state index contributed by atoms with van der Waals surface area (Å²) in [6, 6.07) is 0. The molecule has 0 heterocycles. The molecule has 54 valence electrons. The van der Waals surface area contributed by atoms with Gasteiger partial charge in [-0.05, 0) is 27.1 Å². The Kier molecular flexibility index (Phi) is 4.88. The third-order valence-corrected chi connectivity index (χ3v) is 1.39. The molecule has 0 N–H and O–H groups in total. The average molecular weight is 127 g/mol. The minimum absolute atomic E-state index is 0.866. The van der Waals surface area contributed by atoms with E-state index in [1.165, 1.54) is 19.3 Å². The number of rotatable bonds is 4. The van der Waals surface area contributed by atoms with Crippen molar-refractivity contribution < 1.29 is 0 Å². The molecule has 0 atom stereocenters. The quantitative estimate of drug-likeness (QED) is 0.519. The van der Waals surface area contributed by atoms with Crippen molar-refractivity contribution in [2.45, 2.75) is 26.4 Å². The van der Waals surface area contributed by atoms with Crippen LogP contribution in [0.1, 0.15) is 6.42 Å². The molecule has 0 fully saturated rings. The lowest BCUT2D eigenvalue weighted by atomic mass is 9.51. The maximum absolute atomic E-state index is 2.27. The molecule has 0 saturated carbocycles. The molecule has 2 heteroatoms. The SMILES string of the molecule is CB(C)CCCN(C)C. The van der Waals surface area contributed by atoms with Crippen molar-refractivity contribution in [1.82, 2.24) is 4.90 Å². The Morgan fingerprint density at radius 3 is 2.11 bits per heavy atom. The predicted octanol–water partition coefficient (Wildman–Crippen LogP) is 1.69. The van der Waals surface area contributed by atoms with Gasteiger partial charge in [0.05, 0.1) is 0 Å². The topological polar surface area (TPSA) is 3.24 Å². The molecule has 0 aliphatic carbocycles. The van der Waals surface area contributed by atoms with Gasteiger partial charge in [-0.1, -0.05) is 20.0 Å². The summed E-state index contributed by atoms with van der Waals surface area (Å²) in [6.07, 6.45) is 2.70. The van der Waals surface area contributed by atoms with Crippen LogP contribution in [0.3, 0.4) is 0 Å². The fourth-order valence-electron chi connectivity index (χ4n) is 0.816. The van der Waals surface area contributed by atoms with Gasteiger partial charge in [0, 0.05) is 0 Å². The van der Waals surface area contributed by atoms with E-state index in [1.807, 2.05) is 0 Å². The standard InChI is InChI=1S/C7H18BN/c1-8(2)6-5-7-9(3)4/h5-7H2,1-4H3. The Balaban J connectivity index is 2.91. The summed E-state index contributed by atoms with van der Waals surface area (Å²) in [5.41, 5.74) is 0. The maximum atomic E-state index is 2.27. The summed E-state index contributed by atoms with van der Waals surface area (Å²) in [5, 5.41) is 0. The highest BCUT2D eigenvalue weighted by Gasteiger charge is 1.97. The van der Waals surface area contributed by atoms with Crippen LogP contribution in [0, 0.1) is 0 Å². The van der Waals surface area contributed by atoms with Gasteiger partial charge in [-0.25, -0.2) is 0 Å². The first-order valence-electron chi connectivity index (χ1n) is 3.77. The first-order valence-corrected chi connectivity index (χ1v) is 3.77.